The number of ether oxygens (including phenoxy) is 1. The fourth-order valence-electron chi connectivity index (χ4n) is 1.46. The normalized spacial score (nSPS) is 11.3. The molecule has 0 aliphatic rings. The van der Waals surface area contributed by atoms with Crippen molar-refractivity contribution in [1.29, 1.82) is 0 Å². The Labute approximate surface area is 121 Å². The van der Waals surface area contributed by atoms with Crippen molar-refractivity contribution >= 4 is 28.4 Å². The van der Waals surface area contributed by atoms with E-state index in [4.69, 9.17) is 4.74 Å². The summed E-state index contributed by atoms with van der Waals surface area (Å²) >= 11 is 0. The highest BCUT2D eigenvalue weighted by atomic mass is 32.2. The lowest BCUT2D eigenvalue weighted by Gasteiger charge is -2.05. The average Bonchev–Trinajstić information content (AvgIpc) is 2.42. The van der Waals surface area contributed by atoms with E-state index >= 15 is 0 Å². The number of rotatable bonds is 6. The highest BCUT2D eigenvalue weighted by molar-refractivity contribution is 7.96. The number of carbonyl (C=O) groups excluding carboxylic acids is 2. The van der Waals surface area contributed by atoms with Crippen molar-refractivity contribution < 1.29 is 19.2 Å². The first-order chi connectivity index (χ1) is 9.43. The van der Waals surface area contributed by atoms with Crippen LogP contribution in [0.1, 0.15) is 17.3 Å². The van der Waals surface area contributed by atoms with Gasteiger partial charge in [0.05, 0.1) is 19.6 Å². The molecule has 0 amide bonds. The first kappa shape index (κ1) is 16.2. The van der Waals surface area contributed by atoms with Crippen LogP contribution in [0.2, 0.25) is 0 Å². The van der Waals surface area contributed by atoms with Crippen LogP contribution < -0.4 is 4.74 Å². The summed E-state index contributed by atoms with van der Waals surface area (Å²) in [6, 6.07) is 6.80. The summed E-state index contributed by atoms with van der Waals surface area (Å²) < 4.78 is 5.09. The fourth-order valence-corrected chi connectivity index (χ4v) is 2.19. The van der Waals surface area contributed by atoms with Crippen molar-refractivity contribution in [3.05, 3.63) is 29.8 Å². The molecule has 1 aromatic carbocycles. The van der Waals surface area contributed by atoms with Crippen LogP contribution in [0.5, 0.6) is 5.75 Å². The molecule has 20 heavy (non-hydrogen) atoms. The molecule has 0 N–H and O–H groups in total. The second-order valence-corrected chi connectivity index (χ2v) is 6.57. The maximum Gasteiger partial charge on any atom is 0.331 e. The van der Waals surface area contributed by atoms with Crippen LogP contribution in [0, 0.1) is 0 Å². The third kappa shape index (κ3) is 5.05. The number of hydrogen-bond acceptors (Lipinski definition) is 5. The van der Waals surface area contributed by atoms with Crippen LogP contribution >= 0.6 is 0 Å². The maximum absolute atomic E-state index is 12.4. The standard InChI is InChI=1S/C14H18NO4S/c1-10(16)19-15-13(9-20(3)4)14(17)11-6-5-7-12(8-11)18-2/h5-8H,9H2,1-4H3/q+1. The van der Waals surface area contributed by atoms with Gasteiger partial charge in [0.1, 0.15) is 5.75 Å². The second-order valence-electron chi connectivity index (χ2n) is 4.31. The van der Waals surface area contributed by atoms with Crippen molar-refractivity contribution in [2.24, 2.45) is 5.16 Å². The highest BCUT2D eigenvalue weighted by Gasteiger charge is 2.21. The van der Waals surface area contributed by atoms with Crippen LogP contribution in [-0.2, 0) is 20.5 Å². The number of ketones is 1. The Balaban J connectivity index is 3.02. The second kappa shape index (κ2) is 7.69. The Bertz CT molecular complexity index is 526. The molecule has 0 fully saturated rings. The maximum atomic E-state index is 12.4. The molecule has 0 unspecified atom stereocenters. The van der Waals surface area contributed by atoms with Gasteiger partial charge < -0.3 is 9.57 Å². The summed E-state index contributed by atoms with van der Waals surface area (Å²) in [7, 11) is 1.50. The summed E-state index contributed by atoms with van der Waals surface area (Å²) in [5.74, 6) is 0.248. The van der Waals surface area contributed by atoms with E-state index in [-0.39, 0.29) is 22.4 Å². The molecule has 1 rings (SSSR count). The van der Waals surface area contributed by atoms with Gasteiger partial charge in [0.15, 0.2) is 11.5 Å². The van der Waals surface area contributed by atoms with Crippen LogP contribution in [-0.4, -0.2) is 42.8 Å². The Morgan fingerprint density at radius 2 is 2.00 bits per heavy atom. The summed E-state index contributed by atoms with van der Waals surface area (Å²) in [5.41, 5.74) is 0.697. The molecule has 0 spiro atoms. The first-order valence-electron chi connectivity index (χ1n) is 5.91. The Morgan fingerprint density at radius 1 is 1.30 bits per heavy atom. The Kier molecular flexibility index (Phi) is 6.24. The average molecular weight is 296 g/mol. The summed E-state index contributed by atoms with van der Waals surface area (Å²) in [4.78, 5) is 27.8. The van der Waals surface area contributed by atoms with Crippen LogP contribution in [0.4, 0.5) is 0 Å². The minimum Gasteiger partial charge on any atom is -0.497 e. The van der Waals surface area contributed by atoms with Gasteiger partial charge in [-0.15, -0.1) is 0 Å². The predicted octanol–water partition coefficient (Wildman–Crippen LogP) is 1.67. The van der Waals surface area contributed by atoms with E-state index in [9.17, 15) is 9.59 Å². The summed E-state index contributed by atoms with van der Waals surface area (Å²) in [5, 5.41) is 3.68. The zero-order chi connectivity index (χ0) is 15.1. The molecule has 0 radical (unpaired) electrons. The number of methoxy groups -OCH3 is 1. The molecule has 0 heterocycles. The van der Waals surface area contributed by atoms with Gasteiger partial charge in [-0.25, -0.2) is 4.79 Å². The lowest BCUT2D eigenvalue weighted by atomic mass is 10.1. The van der Waals surface area contributed by atoms with Gasteiger partial charge in [-0.1, -0.05) is 17.3 Å². The summed E-state index contributed by atoms with van der Waals surface area (Å²) in [6.45, 7) is 1.24. The predicted molar refractivity (Wildman–Crippen MR) is 80.6 cm³/mol. The monoisotopic (exact) mass is 296 g/mol. The molecule has 0 atom stereocenters. The van der Waals surface area contributed by atoms with Gasteiger partial charge in [-0.3, -0.25) is 4.79 Å². The number of Topliss-reactive ketones (excluding diaryl/α,β-unsaturated/α-hetero) is 1. The van der Waals surface area contributed by atoms with E-state index in [0.717, 1.165) is 0 Å². The Morgan fingerprint density at radius 3 is 2.55 bits per heavy atom. The molecule has 0 aliphatic heterocycles. The van der Waals surface area contributed by atoms with Gasteiger partial charge in [0, 0.05) is 12.5 Å². The molecule has 0 saturated heterocycles. The molecular weight excluding hydrogens is 278 g/mol. The fraction of sp³-hybridized carbons (Fsp3) is 0.357. The van der Waals surface area contributed by atoms with Gasteiger partial charge >= 0.3 is 5.97 Å². The van der Waals surface area contributed by atoms with Gasteiger partial charge in [0.2, 0.25) is 5.78 Å². The molecular formula is C14H18NO4S+. The van der Waals surface area contributed by atoms with E-state index in [1.54, 1.807) is 24.3 Å². The Hall–Kier alpha value is -1.82. The van der Waals surface area contributed by atoms with Crippen molar-refractivity contribution in [3.63, 3.8) is 0 Å². The van der Waals surface area contributed by atoms with Gasteiger partial charge in [-0.2, -0.15) is 0 Å². The van der Waals surface area contributed by atoms with E-state index in [1.165, 1.54) is 14.0 Å². The zero-order valence-electron chi connectivity index (χ0n) is 12.0. The van der Waals surface area contributed by atoms with E-state index < -0.39 is 5.97 Å². The molecule has 5 nitrogen and oxygen atoms in total. The highest BCUT2D eigenvalue weighted by Crippen LogP contribution is 2.14. The quantitative estimate of drug-likeness (QED) is 0.263. The van der Waals surface area contributed by atoms with Crippen LogP contribution in [0.15, 0.2) is 29.4 Å². The first-order valence-corrected chi connectivity index (χ1v) is 8.12. The molecule has 6 heteroatoms. The number of hydrogen-bond donors (Lipinski definition) is 0. The molecule has 1 aromatic rings. The number of oxime groups is 1. The third-order valence-electron chi connectivity index (χ3n) is 2.30. The topological polar surface area (TPSA) is 65.0 Å². The van der Waals surface area contributed by atoms with Crippen molar-refractivity contribution in [2.45, 2.75) is 6.92 Å². The minimum atomic E-state index is -0.548. The van der Waals surface area contributed by atoms with Crippen molar-refractivity contribution in [1.82, 2.24) is 0 Å². The smallest absolute Gasteiger partial charge is 0.331 e. The minimum absolute atomic E-state index is 0.0360. The lowest BCUT2D eigenvalue weighted by molar-refractivity contribution is -0.140. The van der Waals surface area contributed by atoms with E-state index in [0.29, 0.717) is 17.1 Å². The molecule has 0 saturated carbocycles. The molecule has 0 aromatic heterocycles. The number of carbonyl (C=O) groups is 2. The molecule has 0 bridgehead atoms. The molecule has 108 valence electrons. The van der Waals surface area contributed by atoms with Crippen molar-refractivity contribution in [2.75, 3.05) is 25.4 Å². The SMILES string of the molecule is COc1cccc(C(=O)C(C[S+](C)C)=NOC(C)=O)c1. The zero-order valence-corrected chi connectivity index (χ0v) is 12.8. The summed E-state index contributed by atoms with van der Waals surface area (Å²) in [6.07, 6.45) is 3.98. The van der Waals surface area contributed by atoms with Crippen LogP contribution in [0.3, 0.4) is 0 Å². The largest absolute Gasteiger partial charge is 0.497 e. The number of benzene rings is 1. The van der Waals surface area contributed by atoms with Gasteiger partial charge in [-0.05, 0) is 23.0 Å². The van der Waals surface area contributed by atoms with Crippen molar-refractivity contribution in [3.8, 4) is 5.75 Å². The third-order valence-corrected chi connectivity index (χ3v) is 3.15. The van der Waals surface area contributed by atoms with E-state index in [2.05, 4.69) is 9.99 Å². The number of nitrogens with zero attached hydrogens (tertiary/aromatic N) is 1. The van der Waals surface area contributed by atoms with Crippen LogP contribution in [0.25, 0.3) is 0 Å². The van der Waals surface area contributed by atoms with E-state index in [1.807, 2.05) is 12.5 Å². The lowest BCUT2D eigenvalue weighted by Crippen LogP contribution is -2.24. The van der Waals surface area contributed by atoms with Gasteiger partial charge in [0.25, 0.3) is 0 Å². The molecule has 0 aliphatic carbocycles.